The number of benzene rings is 2. The molecule has 0 spiro atoms. The molecule has 1 fully saturated rings. The molecule has 8 nitrogen and oxygen atoms in total. The molecule has 1 aliphatic carbocycles. The minimum absolute atomic E-state index is 0.110. The molecule has 2 aliphatic rings. The third kappa shape index (κ3) is 5.45. The third-order valence-electron chi connectivity index (χ3n) is 5.92. The average molecular weight is 453 g/mol. The van der Waals surface area contributed by atoms with Gasteiger partial charge >= 0.3 is 0 Å². The second-order valence-electron chi connectivity index (χ2n) is 8.22. The summed E-state index contributed by atoms with van der Waals surface area (Å²) in [6.45, 7) is -0.453. The highest BCUT2D eigenvalue weighted by atomic mass is 16.5. The molecular weight excluding hydrogens is 424 g/mol. The second-order valence-corrected chi connectivity index (χ2v) is 8.22. The lowest BCUT2D eigenvalue weighted by Gasteiger charge is -2.30. The number of methoxy groups -OCH3 is 1. The number of ether oxygens (including phenoxy) is 3. The number of amides is 2. The van der Waals surface area contributed by atoms with Gasteiger partial charge in [0.15, 0.2) is 30.5 Å². The first-order chi connectivity index (χ1) is 16.0. The Hall–Kier alpha value is -3.55. The van der Waals surface area contributed by atoms with E-state index in [0.717, 1.165) is 25.7 Å². The van der Waals surface area contributed by atoms with Crippen LogP contribution < -0.4 is 24.4 Å². The summed E-state index contributed by atoms with van der Waals surface area (Å²) < 4.78 is 16.4. The third-order valence-corrected chi connectivity index (χ3v) is 5.92. The fourth-order valence-corrected chi connectivity index (χ4v) is 4.18. The van der Waals surface area contributed by atoms with E-state index in [0.29, 0.717) is 28.5 Å². The summed E-state index contributed by atoms with van der Waals surface area (Å²) >= 11 is 0. The first-order valence-corrected chi connectivity index (χ1v) is 11.2. The predicted octanol–water partition coefficient (Wildman–Crippen LogP) is 3.13. The Bertz CT molecular complexity index is 1030. The molecule has 33 heavy (non-hydrogen) atoms. The molecule has 1 N–H and O–H groups in total. The topological polar surface area (TPSA) is 94.2 Å². The number of rotatable bonds is 8. The Kier molecular flexibility index (Phi) is 7.12. The van der Waals surface area contributed by atoms with Gasteiger partial charge in [-0.2, -0.15) is 0 Å². The van der Waals surface area contributed by atoms with E-state index in [-0.39, 0.29) is 43.4 Å². The molecule has 0 saturated heterocycles. The van der Waals surface area contributed by atoms with Gasteiger partial charge in [-0.1, -0.05) is 31.4 Å². The molecule has 2 amide bonds. The van der Waals surface area contributed by atoms with Gasteiger partial charge in [0.2, 0.25) is 5.91 Å². The molecule has 0 radical (unpaired) electrons. The molecule has 0 bridgehead atoms. The molecule has 1 saturated carbocycles. The predicted molar refractivity (Wildman–Crippen MR) is 122 cm³/mol. The van der Waals surface area contributed by atoms with Crippen molar-refractivity contribution in [1.82, 2.24) is 5.32 Å². The maximum Gasteiger partial charge on any atom is 0.265 e. The van der Waals surface area contributed by atoms with Crippen LogP contribution in [0.3, 0.4) is 0 Å². The molecule has 1 heterocycles. The number of carbonyl (C=O) groups excluding carboxylic acids is 3. The summed E-state index contributed by atoms with van der Waals surface area (Å²) in [6.07, 6.45) is 5.33. The van der Waals surface area contributed by atoms with Crippen LogP contribution in [0.25, 0.3) is 0 Å². The smallest absolute Gasteiger partial charge is 0.265 e. The summed E-state index contributed by atoms with van der Waals surface area (Å²) in [6, 6.07) is 12.1. The molecular formula is C25H28N2O6. The summed E-state index contributed by atoms with van der Waals surface area (Å²) in [5.74, 6) is 0.654. The Morgan fingerprint density at radius 3 is 2.61 bits per heavy atom. The standard InChI is InChI=1S/C25H28N2O6/c1-31-22-9-5-6-10-23(22)32-15-20(28)17-11-12-21-19(13-17)27(25(30)16-33-21)14-24(29)26-18-7-3-2-4-8-18/h5-6,9-13,18H,2-4,7-8,14-16H2,1H3,(H,26,29). The van der Waals surface area contributed by atoms with Crippen LogP contribution in [0.1, 0.15) is 42.5 Å². The number of Topliss-reactive ketones (excluding diaryl/α,β-unsaturated/α-hetero) is 1. The summed E-state index contributed by atoms with van der Waals surface area (Å²) in [7, 11) is 1.53. The fraction of sp³-hybridized carbons (Fsp3) is 0.400. The van der Waals surface area contributed by atoms with Crippen molar-refractivity contribution in [2.75, 3.05) is 31.8 Å². The number of anilines is 1. The number of nitrogens with zero attached hydrogens (tertiary/aromatic N) is 1. The van der Waals surface area contributed by atoms with Crippen LogP contribution >= 0.6 is 0 Å². The molecule has 1 aliphatic heterocycles. The van der Waals surface area contributed by atoms with E-state index in [2.05, 4.69) is 5.32 Å². The molecule has 2 aromatic rings. The minimum atomic E-state index is -0.323. The van der Waals surface area contributed by atoms with Crippen molar-refractivity contribution in [2.45, 2.75) is 38.1 Å². The Morgan fingerprint density at radius 2 is 1.85 bits per heavy atom. The van der Waals surface area contributed by atoms with Crippen molar-refractivity contribution >= 4 is 23.3 Å². The van der Waals surface area contributed by atoms with Crippen LogP contribution in [0.2, 0.25) is 0 Å². The van der Waals surface area contributed by atoms with Crippen LogP contribution in [-0.2, 0) is 9.59 Å². The lowest BCUT2D eigenvalue weighted by Crippen LogP contribution is -2.47. The van der Waals surface area contributed by atoms with Gasteiger partial charge in [0.25, 0.3) is 5.91 Å². The summed E-state index contributed by atoms with van der Waals surface area (Å²) in [5, 5.41) is 3.03. The van der Waals surface area contributed by atoms with Gasteiger partial charge in [-0.3, -0.25) is 19.3 Å². The number of nitrogens with one attached hydrogen (secondary N) is 1. The monoisotopic (exact) mass is 452 g/mol. The molecule has 174 valence electrons. The molecule has 2 aromatic carbocycles. The number of carbonyl (C=O) groups is 3. The van der Waals surface area contributed by atoms with Crippen molar-refractivity contribution in [3.05, 3.63) is 48.0 Å². The van der Waals surface area contributed by atoms with Gasteiger partial charge in [-0.05, 0) is 43.2 Å². The molecule has 4 rings (SSSR count). The van der Waals surface area contributed by atoms with Crippen molar-refractivity contribution in [2.24, 2.45) is 0 Å². The fourth-order valence-electron chi connectivity index (χ4n) is 4.18. The van der Waals surface area contributed by atoms with Crippen molar-refractivity contribution < 1.29 is 28.6 Å². The van der Waals surface area contributed by atoms with Crippen molar-refractivity contribution in [3.63, 3.8) is 0 Å². The lowest BCUT2D eigenvalue weighted by molar-refractivity contribution is -0.125. The van der Waals surface area contributed by atoms with Gasteiger partial charge in [0, 0.05) is 11.6 Å². The van der Waals surface area contributed by atoms with Gasteiger partial charge in [0.05, 0.1) is 12.8 Å². The average Bonchev–Trinajstić information content (AvgIpc) is 2.84. The minimum Gasteiger partial charge on any atom is -0.493 e. The van der Waals surface area contributed by atoms with E-state index in [9.17, 15) is 14.4 Å². The van der Waals surface area contributed by atoms with E-state index in [1.807, 2.05) is 6.07 Å². The molecule has 0 atom stereocenters. The number of fused-ring (bicyclic) bond motifs is 1. The Morgan fingerprint density at radius 1 is 1.09 bits per heavy atom. The van der Waals surface area contributed by atoms with Crippen molar-refractivity contribution in [1.29, 1.82) is 0 Å². The maximum absolute atomic E-state index is 12.8. The largest absolute Gasteiger partial charge is 0.493 e. The Balaban J connectivity index is 1.45. The van der Waals surface area contributed by atoms with Crippen molar-refractivity contribution in [3.8, 4) is 17.2 Å². The van der Waals surface area contributed by atoms with E-state index in [1.54, 1.807) is 36.4 Å². The summed E-state index contributed by atoms with van der Waals surface area (Å²) in [5.41, 5.74) is 0.771. The Labute approximate surface area is 192 Å². The lowest BCUT2D eigenvalue weighted by atomic mass is 9.95. The summed E-state index contributed by atoms with van der Waals surface area (Å²) in [4.78, 5) is 39.3. The number of ketones is 1. The quantitative estimate of drug-likeness (QED) is 0.619. The molecule has 0 aromatic heterocycles. The maximum atomic E-state index is 12.8. The molecule has 0 unspecified atom stereocenters. The first-order valence-electron chi connectivity index (χ1n) is 11.2. The number of hydrogen-bond acceptors (Lipinski definition) is 6. The number of para-hydroxylation sites is 2. The zero-order valence-electron chi connectivity index (χ0n) is 18.7. The van der Waals surface area contributed by atoms with Crippen LogP contribution in [0, 0.1) is 0 Å². The first kappa shape index (κ1) is 22.6. The molecule has 8 heteroatoms. The van der Waals surface area contributed by atoms with Gasteiger partial charge < -0.3 is 19.5 Å². The normalized spacial score (nSPS) is 15.9. The SMILES string of the molecule is COc1ccccc1OCC(=O)c1ccc2c(c1)N(CC(=O)NC1CCCCC1)C(=O)CO2. The highest BCUT2D eigenvalue weighted by molar-refractivity contribution is 6.04. The van der Waals surface area contributed by atoms with Crippen LogP contribution in [0.4, 0.5) is 5.69 Å². The highest BCUT2D eigenvalue weighted by Gasteiger charge is 2.29. The second kappa shape index (κ2) is 10.4. The van der Waals surface area contributed by atoms with E-state index < -0.39 is 0 Å². The highest BCUT2D eigenvalue weighted by Crippen LogP contribution is 2.33. The van der Waals surface area contributed by atoms with E-state index in [1.165, 1.54) is 18.4 Å². The van der Waals surface area contributed by atoms with Crippen LogP contribution in [0.5, 0.6) is 17.2 Å². The van der Waals surface area contributed by atoms with Crippen LogP contribution in [0.15, 0.2) is 42.5 Å². The van der Waals surface area contributed by atoms with E-state index >= 15 is 0 Å². The van der Waals surface area contributed by atoms with Gasteiger partial charge in [0.1, 0.15) is 12.3 Å². The zero-order valence-corrected chi connectivity index (χ0v) is 18.7. The van der Waals surface area contributed by atoms with Gasteiger partial charge in [-0.25, -0.2) is 0 Å². The number of hydrogen-bond donors (Lipinski definition) is 1. The van der Waals surface area contributed by atoms with Crippen LogP contribution in [-0.4, -0.2) is 50.5 Å². The zero-order chi connectivity index (χ0) is 23.2. The van der Waals surface area contributed by atoms with E-state index in [4.69, 9.17) is 14.2 Å². The van der Waals surface area contributed by atoms with Gasteiger partial charge in [-0.15, -0.1) is 0 Å².